The highest BCUT2D eigenvalue weighted by Crippen LogP contribution is 2.18. The number of thiazole rings is 1. The summed E-state index contributed by atoms with van der Waals surface area (Å²) in [5.41, 5.74) is 2.34. The fourth-order valence-electron chi connectivity index (χ4n) is 3.00. The fraction of sp³-hybridized carbons (Fsp3) is 0.667. The number of piperidine rings is 1. The van der Waals surface area contributed by atoms with Gasteiger partial charge in [-0.15, -0.1) is 11.3 Å². The molecule has 1 aliphatic rings. The van der Waals surface area contributed by atoms with Gasteiger partial charge in [-0.1, -0.05) is 12.2 Å². The first-order valence-corrected chi connectivity index (χ1v) is 9.64. The van der Waals surface area contributed by atoms with Crippen molar-refractivity contribution in [1.29, 1.82) is 0 Å². The number of guanidine groups is 1. The summed E-state index contributed by atoms with van der Waals surface area (Å²) >= 11 is 1.74. The number of aryl methyl sites for hydroxylation is 2. The molecule has 134 valence electrons. The van der Waals surface area contributed by atoms with Gasteiger partial charge in [-0.2, -0.15) is 0 Å². The van der Waals surface area contributed by atoms with Gasteiger partial charge in [0.2, 0.25) is 0 Å². The number of likely N-dealkylation sites (tertiary alicyclic amines) is 1. The van der Waals surface area contributed by atoms with Crippen molar-refractivity contribution in [2.24, 2.45) is 4.99 Å². The molecule has 0 unspecified atom stereocenters. The zero-order chi connectivity index (χ0) is 17.5. The fourth-order valence-corrected chi connectivity index (χ4v) is 3.86. The van der Waals surface area contributed by atoms with Crippen molar-refractivity contribution >= 4 is 17.3 Å². The Hall–Kier alpha value is -1.40. The van der Waals surface area contributed by atoms with E-state index < -0.39 is 0 Å². The third kappa shape index (κ3) is 5.91. The van der Waals surface area contributed by atoms with Crippen LogP contribution in [0.15, 0.2) is 17.1 Å². The lowest BCUT2D eigenvalue weighted by Crippen LogP contribution is -2.48. The lowest BCUT2D eigenvalue weighted by molar-refractivity contribution is 0.221. The highest BCUT2D eigenvalue weighted by Gasteiger charge is 2.19. The zero-order valence-electron chi connectivity index (χ0n) is 15.5. The summed E-state index contributed by atoms with van der Waals surface area (Å²) in [6, 6.07) is 0.494. The summed E-state index contributed by atoms with van der Waals surface area (Å²) in [4.78, 5) is 13.0. The number of nitrogens with zero attached hydrogens (tertiary/aromatic N) is 3. The highest BCUT2D eigenvalue weighted by atomic mass is 32.1. The third-order valence-corrected chi connectivity index (χ3v) is 5.20. The first-order chi connectivity index (χ1) is 11.5. The predicted molar refractivity (Wildman–Crippen MR) is 104 cm³/mol. The molecule has 2 rings (SSSR count). The Kier molecular flexibility index (Phi) is 7.24. The number of aliphatic imine (C=N–C) groups is 1. The molecule has 1 fully saturated rings. The third-order valence-electron chi connectivity index (χ3n) is 4.15. The normalized spacial score (nSPS) is 17.1. The van der Waals surface area contributed by atoms with Crippen LogP contribution in [0.25, 0.3) is 0 Å². The van der Waals surface area contributed by atoms with Crippen molar-refractivity contribution in [1.82, 2.24) is 20.5 Å². The average molecular weight is 350 g/mol. The number of hydrogen-bond acceptors (Lipinski definition) is 4. The van der Waals surface area contributed by atoms with Crippen LogP contribution < -0.4 is 10.6 Å². The number of aromatic nitrogens is 1. The van der Waals surface area contributed by atoms with E-state index in [1.165, 1.54) is 10.5 Å². The molecule has 1 aromatic heterocycles. The summed E-state index contributed by atoms with van der Waals surface area (Å²) in [5.74, 6) is 0.918. The molecule has 0 radical (unpaired) electrons. The molecule has 0 saturated carbocycles. The predicted octanol–water partition coefficient (Wildman–Crippen LogP) is 2.86. The average Bonchev–Trinajstić information content (AvgIpc) is 2.84. The van der Waals surface area contributed by atoms with Gasteiger partial charge in [0.25, 0.3) is 0 Å². The smallest absolute Gasteiger partial charge is 0.191 e. The molecular weight excluding hydrogens is 318 g/mol. The van der Waals surface area contributed by atoms with Gasteiger partial charge >= 0.3 is 0 Å². The van der Waals surface area contributed by atoms with E-state index in [1.807, 2.05) is 6.92 Å². The summed E-state index contributed by atoms with van der Waals surface area (Å²) in [6.45, 7) is 17.2. The Morgan fingerprint density at radius 3 is 2.62 bits per heavy atom. The Labute approximate surface area is 150 Å². The van der Waals surface area contributed by atoms with Crippen LogP contribution in [0.5, 0.6) is 0 Å². The Bertz CT molecular complexity index is 570. The lowest BCUT2D eigenvalue weighted by atomic mass is 10.0. The van der Waals surface area contributed by atoms with Crippen molar-refractivity contribution in [3.63, 3.8) is 0 Å². The Morgan fingerprint density at radius 2 is 2.08 bits per heavy atom. The van der Waals surface area contributed by atoms with E-state index >= 15 is 0 Å². The van der Waals surface area contributed by atoms with Crippen LogP contribution in [0.1, 0.15) is 42.3 Å². The minimum atomic E-state index is 0.494. The SMILES string of the molecule is C=C(C)CN1CCC(NC(=NCc2sc(C)nc2C)NCC)CC1. The molecule has 24 heavy (non-hydrogen) atoms. The van der Waals surface area contributed by atoms with Crippen LogP contribution >= 0.6 is 11.3 Å². The summed E-state index contributed by atoms with van der Waals surface area (Å²) in [7, 11) is 0. The highest BCUT2D eigenvalue weighted by molar-refractivity contribution is 7.11. The van der Waals surface area contributed by atoms with Crippen LogP contribution in [0.4, 0.5) is 0 Å². The minimum absolute atomic E-state index is 0.494. The van der Waals surface area contributed by atoms with Gasteiger partial charge in [0.15, 0.2) is 5.96 Å². The second kappa shape index (κ2) is 9.18. The van der Waals surface area contributed by atoms with Crippen molar-refractivity contribution in [2.75, 3.05) is 26.2 Å². The molecule has 0 atom stereocenters. The summed E-state index contributed by atoms with van der Waals surface area (Å²) in [5, 5.41) is 8.08. The Balaban J connectivity index is 1.88. The van der Waals surface area contributed by atoms with E-state index in [0.717, 1.165) is 55.7 Å². The molecule has 1 aromatic rings. The molecule has 0 aromatic carbocycles. The van der Waals surface area contributed by atoms with E-state index in [0.29, 0.717) is 12.6 Å². The van der Waals surface area contributed by atoms with Crippen LogP contribution in [0.3, 0.4) is 0 Å². The molecule has 0 spiro atoms. The maximum atomic E-state index is 4.76. The van der Waals surface area contributed by atoms with Gasteiger partial charge in [-0.3, -0.25) is 4.90 Å². The second-order valence-electron chi connectivity index (χ2n) is 6.59. The number of rotatable bonds is 6. The molecule has 1 saturated heterocycles. The van der Waals surface area contributed by atoms with Crippen LogP contribution in [0.2, 0.25) is 0 Å². The lowest BCUT2D eigenvalue weighted by Gasteiger charge is -2.33. The number of hydrogen-bond donors (Lipinski definition) is 2. The number of nitrogens with one attached hydrogen (secondary N) is 2. The summed E-state index contributed by atoms with van der Waals surface area (Å²) < 4.78 is 0. The standard InChI is InChI=1S/C18H31N5S/c1-6-19-18(20-11-17-14(4)21-15(5)24-17)22-16-7-9-23(10-8-16)12-13(2)3/h16H,2,6-12H2,1,3-5H3,(H2,19,20,22). The molecule has 2 N–H and O–H groups in total. The second-order valence-corrected chi connectivity index (χ2v) is 7.88. The van der Waals surface area contributed by atoms with Gasteiger partial charge in [-0.05, 0) is 40.5 Å². The van der Waals surface area contributed by atoms with E-state index in [9.17, 15) is 0 Å². The van der Waals surface area contributed by atoms with Crippen LogP contribution in [-0.4, -0.2) is 48.1 Å². The van der Waals surface area contributed by atoms with Gasteiger partial charge in [0.05, 0.1) is 17.2 Å². The van der Waals surface area contributed by atoms with Gasteiger partial charge in [0, 0.05) is 37.1 Å². The van der Waals surface area contributed by atoms with E-state index in [-0.39, 0.29) is 0 Å². The first kappa shape index (κ1) is 18.9. The molecule has 0 amide bonds. The molecule has 6 heteroatoms. The molecular formula is C18H31N5S. The van der Waals surface area contributed by atoms with Crippen LogP contribution in [-0.2, 0) is 6.54 Å². The summed E-state index contributed by atoms with van der Waals surface area (Å²) in [6.07, 6.45) is 2.30. The monoisotopic (exact) mass is 349 g/mol. The Morgan fingerprint density at radius 1 is 1.38 bits per heavy atom. The van der Waals surface area contributed by atoms with E-state index in [4.69, 9.17) is 4.99 Å². The maximum Gasteiger partial charge on any atom is 0.191 e. The largest absolute Gasteiger partial charge is 0.357 e. The van der Waals surface area contributed by atoms with Crippen molar-refractivity contribution in [3.05, 3.63) is 27.7 Å². The molecule has 0 aliphatic carbocycles. The molecule has 2 heterocycles. The van der Waals surface area contributed by atoms with Crippen LogP contribution in [0, 0.1) is 13.8 Å². The molecule has 0 bridgehead atoms. The van der Waals surface area contributed by atoms with E-state index in [1.54, 1.807) is 11.3 Å². The van der Waals surface area contributed by atoms with Gasteiger partial charge in [-0.25, -0.2) is 9.98 Å². The van der Waals surface area contributed by atoms with Gasteiger partial charge < -0.3 is 10.6 Å². The van der Waals surface area contributed by atoms with Crippen molar-refractivity contribution in [3.8, 4) is 0 Å². The topological polar surface area (TPSA) is 52.5 Å². The van der Waals surface area contributed by atoms with Gasteiger partial charge in [0.1, 0.15) is 0 Å². The van der Waals surface area contributed by atoms with E-state index in [2.05, 4.69) is 47.9 Å². The maximum absolute atomic E-state index is 4.76. The molecule has 1 aliphatic heterocycles. The quantitative estimate of drug-likeness (QED) is 0.471. The minimum Gasteiger partial charge on any atom is -0.357 e. The molecule has 5 nitrogen and oxygen atoms in total. The van der Waals surface area contributed by atoms with Crippen molar-refractivity contribution in [2.45, 2.75) is 53.1 Å². The zero-order valence-corrected chi connectivity index (χ0v) is 16.3. The van der Waals surface area contributed by atoms with Crippen molar-refractivity contribution < 1.29 is 0 Å². The first-order valence-electron chi connectivity index (χ1n) is 8.82.